The molecule has 1 unspecified atom stereocenters. The third kappa shape index (κ3) is 5.14. The fraction of sp³-hybridized carbons (Fsp3) is 0.583. The molecule has 0 bridgehead atoms. The van der Waals surface area contributed by atoms with Gasteiger partial charge in [0.2, 0.25) is 5.91 Å². The first-order valence-electron chi connectivity index (χ1n) is 5.98. The summed E-state index contributed by atoms with van der Waals surface area (Å²) in [6.07, 6.45) is 3.71. The summed E-state index contributed by atoms with van der Waals surface area (Å²) in [5, 5.41) is 6.33. The van der Waals surface area contributed by atoms with Gasteiger partial charge in [0.15, 0.2) is 0 Å². The lowest BCUT2D eigenvalue weighted by Gasteiger charge is -2.11. The van der Waals surface area contributed by atoms with Crippen LogP contribution in [0.2, 0.25) is 4.34 Å². The Hall–Kier alpha value is -0.290. The Morgan fingerprint density at radius 1 is 1.56 bits per heavy atom. The van der Waals surface area contributed by atoms with E-state index in [0.717, 1.165) is 23.8 Å². The highest BCUT2D eigenvalue weighted by Gasteiger charge is 2.14. The monoisotopic (exact) mass is 308 g/mol. The van der Waals surface area contributed by atoms with Crippen molar-refractivity contribution in [3.63, 3.8) is 0 Å². The van der Waals surface area contributed by atoms with Crippen molar-refractivity contribution in [1.29, 1.82) is 0 Å². The molecule has 102 valence electrons. The minimum absolute atomic E-state index is 0. The number of carbonyl (C=O) groups is 1. The van der Waals surface area contributed by atoms with Crippen molar-refractivity contribution in [2.45, 2.75) is 31.7 Å². The predicted octanol–water partition coefficient (Wildman–Crippen LogP) is 2.62. The number of carbonyl (C=O) groups excluding carboxylic acids is 1. The van der Waals surface area contributed by atoms with Crippen molar-refractivity contribution in [2.24, 2.45) is 0 Å². The number of aryl methyl sites for hydroxylation is 1. The Morgan fingerprint density at radius 3 is 3.00 bits per heavy atom. The number of thiophene rings is 1. The first kappa shape index (κ1) is 15.8. The minimum atomic E-state index is 0. The van der Waals surface area contributed by atoms with E-state index in [2.05, 4.69) is 10.6 Å². The molecule has 1 aromatic rings. The van der Waals surface area contributed by atoms with Gasteiger partial charge in [-0.1, -0.05) is 11.6 Å². The average Bonchev–Trinajstić information content (AvgIpc) is 2.95. The molecule has 0 spiro atoms. The molecule has 1 atom stereocenters. The molecule has 1 aromatic heterocycles. The quantitative estimate of drug-likeness (QED) is 0.878. The van der Waals surface area contributed by atoms with Gasteiger partial charge in [0.25, 0.3) is 0 Å². The molecule has 1 amide bonds. The van der Waals surface area contributed by atoms with Crippen molar-refractivity contribution in [2.75, 3.05) is 13.1 Å². The number of amides is 1. The molecule has 2 heterocycles. The van der Waals surface area contributed by atoms with Crippen LogP contribution in [0.5, 0.6) is 0 Å². The molecular formula is C12H18Cl2N2OS. The van der Waals surface area contributed by atoms with Crippen molar-refractivity contribution < 1.29 is 4.79 Å². The molecule has 18 heavy (non-hydrogen) atoms. The molecular weight excluding hydrogens is 291 g/mol. The van der Waals surface area contributed by atoms with Gasteiger partial charge < -0.3 is 10.6 Å². The van der Waals surface area contributed by atoms with Crippen LogP contribution in [-0.4, -0.2) is 25.0 Å². The third-order valence-corrected chi connectivity index (χ3v) is 4.23. The van der Waals surface area contributed by atoms with E-state index in [4.69, 9.17) is 11.6 Å². The second-order valence-electron chi connectivity index (χ2n) is 4.30. The van der Waals surface area contributed by atoms with Crippen LogP contribution < -0.4 is 10.6 Å². The summed E-state index contributed by atoms with van der Waals surface area (Å²) < 4.78 is 0.788. The molecule has 0 aliphatic carbocycles. The zero-order valence-corrected chi connectivity index (χ0v) is 12.5. The van der Waals surface area contributed by atoms with E-state index in [1.807, 2.05) is 12.1 Å². The summed E-state index contributed by atoms with van der Waals surface area (Å²) in [5.41, 5.74) is 0. The molecule has 1 aliphatic rings. The van der Waals surface area contributed by atoms with E-state index in [1.54, 1.807) is 11.3 Å². The summed E-state index contributed by atoms with van der Waals surface area (Å²) in [7, 11) is 0. The lowest BCUT2D eigenvalue weighted by molar-refractivity contribution is -0.121. The zero-order chi connectivity index (χ0) is 12.1. The van der Waals surface area contributed by atoms with Crippen molar-refractivity contribution in [3.05, 3.63) is 21.3 Å². The van der Waals surface area contributed by atoms with E-state index in [0.29, 0.717) is 12.5 Å². The lowest BCUT2D eigenvalue weighted by Crippen LogP contribution is -2.37. The highest BCUT2D eigenvalue weighted by molar-refractivity contribution is 7.16. The molecule has 0 radical (unpaired) electrons. The van der Waals surface area contributed by atoms with Gasteiger partial charge in [-0.15, -0.1) is 23.7 Å². The van der Waals surface area contributed by atoms with Gasteiger partial charge in [-0.3, -0.25) is 4.79 Å². The number of nitrogens with one attached hydrogen (secondary N) is 2. The molecule has 3 nitrogen and oxygen atoms in total. The maximum absolute atomic E-state index is 11.6. The smallest absolute Gasteiger partial charge is 0.220 e. The van der Waals surface area contributed by atoms with Crippen LogP contribution in [0.4, 0.5) is 0 Å². The second-order valence-corrected chi connectivity index (χ2v) is 6.10. The van der Waals surface area contributed by atoms with Crippen LogP contribution in [0, 0.1) is 0 Å². The average molecular weight is 309 g/mol. The van der Waals surface area contributed by atoms with Crippen LogP contribution in [0.1, 0.15) is 24.1 Å². The molecule has 1 fully saturated rings. The van der Waals surface area contributed by atoms with Gasteiger partial charge in [0.1, 0.15) is 0 Å². The molecule has 2 rings (SSSR count). The van der Waals surface area contributed by atoms with E-state index < -0.39 is 0 Å². The molecule has 0 aromatic carbocycles. The standard InChI is InChI=1S/C12H17ClN2OS.ClH/c13-11-5-3-10(17-11)4-6-12(16)15-8-9-2-1-7-14-9;/h3,5,9,14H,1-2,4,6-8H2,(H,15,16);1H. The Kier molecular flexibility index (Phi) is 7.00. The largest absolute Gasteiger partial charge is 0.355 e. The predicted molar refractivity (Wildman–Crippen MR) is 78.9 cm³/mol. The van der Waals surface area contributed by atoms with Gasteiger partial charge in [0, 0.05) is 23.9 Å². The van der Waals surface area contributed by atoms with Crippen LogP contribution in [-0.2, 0) is 11.2 Å². The topological polar surface area (TPSA) is 41.1 Å². The SMILES string of the molecule is Cl.O=C(CCc1ccc(Cl)s1)NCC1CCCN1. The zero-order valence-electron chi connectivity index (χ0n) is 10.1. The molecule has 1 saturated heterocycles. The van der Waals surface area contributed by atoms with Crippen molar-refractivity contribution in [3.8, 4) is 0 Å². The van der Waals surface area contributed by atoms with E-state index >= 15 is 0 Å². The number of halogens is 2. The molecule has 0 saturated carbocycles. The van der Waals surface area contributed by atoms with Gasteiger partial charge in [-0.2, -0.15) is 0 Å². The molecule has 1 aliphatic heterocycles. The Bertz CT molecular complexity index is 378. The first-order chi connectivity index (χ1) is 8.24. The van der Waals surface area contributed by atoms with Crippen LogP contribution in [0.3, 0.4) is 0 Å². The van der Waals surface area contributed by atoms with E-state index in [-0.39, 0.29) is 18.3 Å². The Morgan fingerprint density at radius 2 is 2.39 bits per heavy atom. The normalized spacial score (nSPS) is 18.4. The Labute approximate surface area is 123 Å². The summed E-state index contributed by atoms with van der Waals surface area (Å²) in [5.74, 6) is 0.128. The Balaban J connectivity index is 0.00000162. The maximum atomic E-state index is 11.6. The fourth-order valence-corrected chi connectivity index (χ4v) is 3.07. The van der Waals surface area contributed by atoms with E-state index in [9.17, 15) is 4.79 Å². The number of hydrogen-bond acceptors (Lipinski definition) is 3. The van der Waals surface area contributed by atoms with Crippen molar-refractivity contribution in [1.82, 2.24) is 10.6 Å². The number of rotatable bonds is 5. The highest BCUT2D eigenvalue weighted by Crippen LogP contribution is 2.22. The summed E-state index contributed by atoms with van der Waals surface area (Å²) in [6.45, 7) is 1.83. The van der Waals surface area contributed by atoms with E-state index in [1.165, 1.54) is 17.7 Å². The molecule has 2 N–H and O–H groups in total. The van der Waals surface area contributed by atoms with Crippen LogP contribution >= 0.6 is 35.3 Å². The summed E-state index contributed by atoms with van der Waals surface area (Å²) >= 11 is 7.38. The maximum Gasteiger partial charge on any atom is 0.220 e. The fourth-order valence-electron chi connectivity index (χ4n) is 1.98. The van der Waals surface area contributed by atoms with Crippen LogP contribution in [0.25, 0.3) is 0 Å². The van der Waals surface area contributed by atoms with Crippen molar-refractivity contribution >= 4 is 41.3 Å². The second kappa shape index (κ2) is 8.00. The minimum Gasteiger partial charge on any atom is -0.355 e. The third-order valence-electron chi connectivity index (χ3n) is 2.94. The first-order valence-corrected chi connectivity index (χ1v) is 7.18. The highest BCUT2D eigenvalue weighted by atomic mass is 35.5. The summed E-state index contributed by atoms with van der Waals surface area (Å²) in [4.78, 5) is 12.8. The molecule has 6 heteroatoms. The van der Waals surface area contributed by atoms with Gasteiger partial charge in [-0.05, 0) is 37.9 Å². The lowest BCUT2D eigenvalue weighted by atomic mass is 10.2. The van der Waals surface area contributed by atoms with Gasteiger partial charge in [0.05, 0.1) is 4.34 Å². The van der Waals surface area contributed by atoms with Gasteiger partial charge >= 0.3 is 0 Å². The summed E-state index contributed by atoms with van der Waals surface area (Å²) in [6, 6.07) is 4.33. The van der Waals surface area contributed by atoms with Crippen LogP contribution in [0.15, 0.2) is 12.1 Å². The number of hydrogen-bond donors (Lipinski definition) is 2. The van der Waals surface area contributed by atoms with Gasteiger partial charge in [-0.25, -0.2) is 0 Å².